The van der Waals surface area contributed by atoms with Gasteiger partial charge in [0, 0.05) is 37.7 Å². The van der Waals surface area contributed by atoms with E-state index < -0.39 is 19.9 Å². The highest BCUT2D eigenvalue weighted by Gasteiger charge is 2.28. The maximum atomic E-state index is 12.2. The van der Waals surface area contributed by atoms with Crippen molar-refractivity contribution in [2.75, 3.05) is 25.6 Å². The van der Waals surface area contributed by atoms with Crippen LogP contribution in [0, 0.1) is 6.92 Å². The first kappa shape index (κ1) is 16.1. The molecule has 0 saturated carbocycles. The quantitative estimate of drug-likeness (QED) is 0.682. The van der Waals surface area contributed by atoms with Crippen LogP contribution in [-0.4, -0.2) is 56.9 Å². The Kier molecular flexibility index (Phi) is 4.72. The third-order valence-corrected chi connectivity index (χ3v) is 5.43. The van der Waals surface area contributed by atoms with Crippen LogP contribution in [0.3, 0.4) is 0 Å². The number of hydrogen-bond donors (Lipinski definition) is 2. The van der Waals surface area contributed by atoms with Gasteiger partial charge >= 0.3 is 0 Å². The van der Waals surface area contributed by atoms with Gasteiger partial charge in [-0.05, 0) is 6.92 Å². The predicted molar refractivity (Wildman–Crippen MR) is 70.7 cm³/mol. The second-order valence-corrected chi connectivity index (χ2v) is 8.51. The number of nitrogens with zero attached hydrogens (tertiary/aromatic N) is 2. The third kappa shape index (κ3) is 3.75. The minimum atomic E-state index is -3.84. The van der Waals surface area contributed by atoms with Crippen LogP contribution in [0.25, 0.3) is 0 Å². The summed E-state index contributed by atoms with van der Waals surface area (Å²) in [5.74, 6) is -0.246. The molecular formula is C9H18N4O4S2. The Balaban J connectivity index is 3.03. The van der Waals surface area contributed by atoms with Crippen LogP contribution < -0.4 is 5.73 Å². The number of aryl methyl sites for hydroxylation is 1. The molecule has 1 aromatic heterocycles. The molecule has 110 valence electrons. The molecule has 0 aromatic carbocycles. The lowest BCUT2D eigenvalue weighted by molar-refractivity contribution is 0.480. The standard InChI is InChI=1S/C9H18N4O4S2/c1-7-8(6-10)9(12-11-7)19(16,17)13(2)4-5-18(3,14)15/h4-6,10H2,1-3H3,(H,11,12). The predicted octanol–water partition coefficient (Wildman–Crippen LogP) is -1.16. The third-order valence-electron chi connectivity index (χ3n) is 2.67. The van der Waals surface area contributed by atoms with E-state index in [4.69, 9.17) is 5.73 Å². The highest BCUT2D eigenvalue weighted by molar-refractivity contribution is 7.91. The van der Waals surface area contributed by atoms with E-state index in [1.807, 2.05) is 0 Å². The van der Waals surface area contributed by atoms with Crippen molar-refractivity contribution in [3.63, 3.8) is 0 Å². The minimum Gasteiger partial charge on any atom is -0.326 e. The van der Waals surface area contributed by atoms with Gasteiger partial charge in [0.1, 0.15) is 9.84 Å². The average Bonchev–Trinajstić information content (AvgIpc) is 2.66. The van der Waals surface area contributed by atoms with Gasteiger partial charge in [-0.25, -0.2) is 16.8 Å². The zero-order valence-corrected chi connectivity index (χ0v) is 12.7. The topological polar surface area (TPSA) is 126 Å². The summed E-state index contributed by atoms with van der Waals surface area (Å²) in [6.07, 6.45) is 1.05. The van der Waals surface area contributed by atoms with Crippen molar-refractivity contribution >= 4 is 19.9 Å². The van der Waals surface area contributed by atoms with Gasteiger partial charge in [-0.3, -0.25) is 5.10 Å². The van der Waals surface area contributed by atoms with Gasteiger partial charge in [-0.15, -0.1) is 0 Å². The summed E-state index contributed by atoms with van der Waals surface area (Å²) in [4.78, 5) is 0. The van der Waals surface area contributed by atoms with E-state index in [0.717, 1.165) is 10.6 Å². The van der Waals surface area contributed by atoms with Crippen LogP contribution in [0.15, 0.2) is 5.03 Å². The fourth-order valence-electron chi connectivity index (χ4n) is 1.45. The number of nitrogens with two attached hydrogens (primary N) is 1. The highest BCUT2D eigenvalue weighted by atomic mass is 32.2. The van der Waals surface area contributed by atoms with Crippen molar-refractivity contribution < 1.29 is 16.8 Å². The van der Waals surface area contributed by atoms with Crippen LogP contribution in [0.1, 0.15) is 11.3 Å². The molecule has 10 heteroatoms. The molecule has 0 spiro atoms. The maximum absolute atomic E-state index is 12.2. The van der Waals surface area contributed by atoms with Gasteiger partial charge < -0.3 is 5.73 Å². The molecule has 0 aliphatic carbocycles. The Hall–Kier alpha value is -0.970. The zero-order valence-electron chi connectivity index (χ0n) is 11.0. The van der Waals surface area contributed by atoms with Crippen molar-refractivity contribution in [3.05, 3.63) is 11.3 Å². The van der Waals surface area contributed by atoms with Crippen LogP contribution in [-0.2, 0) is 26.4 Å². The van der Waals surface area contributed by atoms with Gasteiger partial charge in [-0.1, -0.05) is 0 Å². The van der Waals surface area contributed by atoms with Crippen molar-refractivity contribution in [1.29, 1.82) is 0 Å². The highest BCUT2D eigenvalue weighted by Crippen LogP contribution is 2.18. The van der Waals surface area contributed by atoms with Gasteiger partial charge in [0.2, 0.25) is 0 Å². The fourth-order valence-corrected chi connectivity index (χ4v) is 3.50. The molecule has 3 N–H and O–H groups in total. The zero-order chi connectivity index (χ0) is 14.8. The van der Waals surface area contributed by atoms with Gasteiger partial charge in [-0.2, -0.15) is 9.40 Å². The van der Waals surface area contributed by atoms with Crippen LogP contribution in [0.4, 0.5) is 0 Å². The van der Waals surface area contributed by atoms with Crippen molar-refractivity contribution in [3.8, 4) is 0 Å². The summed E-state index contributed by atoms with van der Waals surface area (Å²) in [5, 5.41) is 6.16. The molecule has 0 aliphatic rings. The second-order valence-electron chi connectivity index (χ2n) is 4.29. The molecule has 19 heavy (non-hydrogen) atoms. The summed E-state index contributed by atoms with van der Waals surface area (Å²) in [7, 11) is -5.76. The molecule has 0 radical (unpaired) electrons. The lowest BCUT2D eigenvalue weighted by Gasteiger charge is -2.15. The van der Waals surface area contributed by atoms with Gasteiger partial charge in [0.25, 0.3) is 10.0 Å². The largest absolute Gasteiger partial charge is 0.326 e. The lowest BCUT2D eigenvalue weighted by Crippen LogP contribution is -2.32. The van der Waals surface area contributed by atoms with E-state index in [1.54, 1.807) is 6.92 Å². The molecule has 0 bridgehead atoms. The number of nitrogens with one attached hydrogen (secondary N) is 1. The first-order valence-electron chi connectivity index (χ1n) is 5.47. The van der Waals surface area contributed by atoms with Crippen LogP contribution >= 0.6 is 0 Å². The van der Waals surface area contributed by atoms with Crippen molar-refractivity contribution in [2.45, 2.75) is 18.5 Å². The Morgan fingerprint density at radius 2 is 1.89 bits per heavy atom. The average molecular weight is 310 g/mol. The summed E-state index contributed by atoms with van der Waals surface area (Å²) in [6, 6.07) is 0. The smallest absolute Gasteiger partial charge is 0.262 e. The van der Waals surface area contributed by atoms with Gasteiger partial charge in [0.05, 0.1) is 5.75 Å². The molecule has 0 fully saturated rings. The second kappa shape index (κ2) is 5.57. The lowest BCUT2D eigenvalue weighted by atomic mass is 10.3. The molecule has 0 aliphatic heterocycles. The molecule has 0 atom stereocenters. The number of aromatic nitrogens is 2. The number of aromatic amines is 1. The summed E-state index contributed by atoms with van der Waals surface area (Å²) >= 11 is 0. The van der Waals surface area contributed by atoms with Gasteiger partial charge in [0.15, 0.2) is 5.03 Å². The first-order chi connectivity index (χ1) is 8.59. The van der Waals surface area contributed by atoms with Crippen LogP contribution in [0.2, 0.25) is 0 Å². The van der Waals surface area contributed by atoms with E-state index in [-0.39, 0.29) is 23.9 Å². The minimum absolute atomic E-state index is 0.0385. The molecule has 0 saturated heterocycles. The van der Waals surface area contributed by atoms with Crippen molar-refractivity contribution in [2.24, 2.45) is 5.73 Å². The van der Waals surface area contributed by atoms with E-state index in [1.165, 1.54) is 7.05 Å². The maximum Gasteiger partial charge on any atom is 0.262 e. The number of hydrogen-bond acceptors (Lipinski definition) is 6. The Morgan fingerprint density at radius 1 is 1.32 bits per heavy atom. The summed E-state index contributed by atoms with van der Waals surface area (Å²) in [6.45, 7) is 1.58. The fraction of sp³-hybridized carbons (Fsp3) is 0.667. The summed E-state index contributed by atoms with van der Waals surface area (Å²) in [5.41, 5.74) is 6.49. The molecule has 1 rings (SSSR count). The summed E-state index contributed by atoms with van der Waals surface area (Å²) < 4.78 is 47.6. The molecule has 8 nitrogen and oxygen atoms in total. The number of H-pyrrole nitrogens is 1. The number of sulfonamides is 1. The first-order valence-corrected chi connectivity index (χ1v) is 8.97. The van der Waals surface area contributed by atoms with E-state index in [0.29, 0.717) is 11.3 Å². The molecule has 1 heterocycles. The Bertz CT molecular complexity index is 648. The van der Waals surface area contributed by atoms with E-state index in [2.05, 4.69) is 10.2 Å². The van der Waals surface area contributed by atoms with Crippen molar-refractivity contribution in [1.82, 2.24) is 14.5 Å². The molecule has 0 amide bonds. The SMILES string of the molecule is Cc1[nH]nc(S(=O)(=O)N(C)CCS(C)(=O)=O)c1CN. The Morgan fingerprint density at radius 3 is 2.37 bits per heavy atom. The Labute approximate surface area is 113 Å². The van der Waals surface area contributed by atoms with E-state index >= 15 is 0 Å². The molecule has 0 unspecified atom stereocenters. The number of sulfone groups is 1. The van der Waals surface area contributed by atoms with E-state index in [9.17, 15) is 16.8 Å². The normalized spacial score (nSPS) is 13.1. The monoisotopic (exact) mass is 310 g/mol. The van der Waals surface area contributed by atoms with Crippen LogP contribution in [0.5, 0.6) is 0 Å². The number of rotatable bonds is 6. The molecular weight excluding hydrogens is 292 g/mol. The molecule has 1 aromatic rings.